The molecule has 21 heavy (non-hydrogen) atoms. The zero-order chi connectivity index (χ0) is 15.0. The SMILES string of the molecule is Cc1cc(C)cc(N2Cc3ccccc3N(C(C)C)C2)c1. The maximum Gasteiger partial charge on any atom is 0.0909 e. The second-order valence-electron chi connectivity index (χ2n) is 6.38. The average molecular weight is 280 g/mol. The van der Waals surface area contributed by atoms with E-state index in [4.69, 9.17) is 0 Å². The minimum absolute atomic E-state index is 0.500. The van der Waals surface area contributed by atoms with Gasteiger partial charge in [-0.05, 0) is 62.6 Å². The van der Waals surface area contributed by atoms with Crippen LogP contribution < -0.4 is 9.80 Å². The van der Waals surface area contributed by atoms with Crippen LogP contribution in [0.4, 0.5) is 11.4 Å². The van der Waals surface area contributed by atoms with Gasteiger partial charge in [-0.2, -0.15) is 0 Å². The molecule has 0 N–H and O–H groups in total. The van der Waals surface area contributed by atoms with Gasteiger partial charge in [0.2, 0.25) is 0 Å². The smallest absolute Gasteiger partial charge is 0.0909 e. The largest absolute Gasteiger partial charge is 0.351 e. The fourth-order valence-electron chi connectivity index (χ4n) is 3.19. The molecule has 1 aliphatic rings. The van der Waals surface area contributed by atoms with E-state index in [-0.39, 0.29) is 0 Å². The Morgan fingerprint density at radius 3 is 2.29 bits per heavy atom. The number of hydrogen-bond donors (Lipinski definition) is 0. The first-order valence-electron chi connectivity index (χ1n) is 7.72. The van der Waals surface area contributed by atoms with E-state index < -0.39 is 0 Å². The van der Waals surface area contributed by atoms with Crippen LogP contribution in [0.5, 0.6) is 0 Å². The summed E-state index contributed by atoms with van der Waals surface area (Å²) < 4.78 is 0. The van der Waals surface area contributed by atoms with E-state index >= 15 is 0 Å². The molecule has 110 valence electrons. The molecule has 0 amide bonds. The van der Waals surface area contributed by atoms with Crippen LogP contribution in [0.15, 0.2) is 42.5 Å². The molecule has 0 bridgehead atoms. The molecule has 0 saturated heterocycles. The van der Waals surface area contributed by atoms with E-state index in [1.165, 1.54) is 28.1 Å². The lowest BCUT2D eigenvalue weighted by atomic mass is 10.1. The van der Waals surface area contributed by atoms with Crippen LogP contribution in [0.1, 0.15) is 30.5 Å². The molecule has 0 spiro atoms. The molecule has 2 aromatic rings. The van der Waals surface area contributed by atoms with Gasteiger partial charge in [0.1, 0.15) is 0 Å². The lowest BCUT2D eigenvalue weighted by Gasteiger charge is -2.42. The maximum atomic E-state index is 2.48. The quantitative estimate of drug-likeness (QED) is 0.799. The molecule has 0 fully saturated rings. The summed E-state index contributed by atoms with van der Waals surface area (Å²) in [5, 5.41) is 0. The summed E-state index contributed by atoms with van der Waals surface area (Å²) in [6.45, 7) is 10.8. The number of anilines is 2. The lowest BCUT2D eigenvalue weighted by molar-refractivity contribution is 0.621. The van der Waals surface area contributed by atoms with Crippen molar-refractivity contribution >= 4 is 11.4 Å². The summed E-state index contributed by atoms with van der Waals surface area (Å²) in [7, 11) is 0. The summed E-state index contributed by atoms with van der Waals surface area (Å²) >= 11 is 0. The minimum atomic E-state index is 0.500. The van der Waals surface area contributed by atoms with Crippen molar-refractivity contribution in [3.63, 3.8) is 0 Å². The van der Waals surface area contributed by atoms with Crippen molar-refractivity contribution in [3.8, 4) is 0 Å². The standard InChI is InChI=1S/C19H24N2/c1-14(2)21-13-20(12-17-7-5-6-8-19(17)21)18-10-15(3)9-16(4)11-18/h5-11,14H,12-13H2,1-4H3. The Hall–Kier alpha value is -1.96. The number of rotatable bonds is 2. The topological polar surface area (TPSA) is 6.48 Å². The van der Waals surface area contributed by atoms with Gasteiger partial charge in [-0.3, -0.25) is 0 Å². The molecule has 3 rings (SSSR count). The van der Waals surface area contributed by atoms with Crippen LogP contribution >= 0.6 is 0 Å². The Balaban J connectivity index is 1.99. The number of nitrogens with zero attached hydrogens (tertiary/aromatic N) is 2. The summed E-state index contributed by atoms with van der Waals surface area (Å²) in [6, 6.07) is 16.1. The zero-order valence-corrected chi connectivity index (χ0v) is 13.4. The first-order chi connectivity index (χ1) is 10.0. The van der Waals surface area contributed by atoms with Crippen molar-refractivity contribution in [3.05, 3.63) is 59.2 Å². The Bertz CT molecular complexity index is 626. The second kappa shape index (κ2) is 5.44. The molecule has 2 heteroatoms. The third-order valence-electron chi connectivity index (χ3n) is 4.18. The Labute approximate surface area is 128 Å². The predicted molar refractivity (Wildman–Crippen MR) is 91.0 cm³/mol. The van der Waals surface area contributed by atoms with E-state index in [0.29, 0.717) is 6.04 Å². The highest BCUT2D eigenvalue weighted by Crippen LogP contribution is 2.32. The molecule has 0 radical (unpaired) electrons. The highest BCUT2D eigenvalue weighted by molar-refractivity contribution is 5.62. The fourth-order valence-corrected chi connectivity index (χ4v) is 3.19. The van der Waals surface area contributed by atoms with Gasteiger partial charge in [-0.25, -0.2) is 0 Å². The summed E-state index contributed by atoms with van der Waals surface area (Å²) in [4.78, 5) is 4.96. The third kappa shape index (κ3) is 2.76. The summed E-state index contributed by atoms with van der Waals surface area (Å²) in [6.07, 6.45) is 0. The lowest BCUT2D eigenvalue weighted by Crippen LogP contribution is -2.45. The molecule has 0 atom stereocenters. The molecule has 2 nitrogen and oxygen atoms in total. The van der Waals surface area contributed by atoms with E-state index in [9.17, 15) is 0 Å². The van der Waals surface area contributed by atoms with Gasteiger partial charge in [0, 0.05) is 24.0 Å². The first kappa shape index (κ1) is 14.0. The molecule has 0 aliphatic carbocycles. The Kier molecular flexibility index (Phi) is 3.62. The number of hydrogen-bond acceptors (Lipinski definition) is 2. The third-order valence-corrected chi connectivity index (χ3v) is 4.18. The number of aryl methyl sites for hydroxylation is 2. The van der Waals surface area contributed by atoms with Crippen molar-refractivity contribution in [2.45, 2.75) is 40.3 Å². The summed E-state index contributed by atoms with van der Waals surface area (Å²) in [5.41, 5.74) is 6.79. The monoisotopic (exact) mass is 280 g/mol. The van der Waals surface area contributed by atoms with Crippen molar-refractivity contribution in [1.82, 2.24) is 0 Å². The number of fused-ring (bicyclic) bond motifs is 1. The van der Waals surface area contributed by atoms with Crippen molar-refractivity contribution in [2.75, 3.05) is 16.5 Å². The molecular formula is C19H24N2. The number of para-hydroxylation sites is 1. The van der Waals surface area contributed by atoms with Crippen molar-refractivity contribution in [1.29, 1.82) is 0 Å². The predicted octanol–water partition coefficient (Wildman–Crippen LogP) is 4.50. The fraction of sp³-hybridized carbons (Fsp3) is 0.368. The summed E-state index contributed by atoms with van der Waals surface area (Å²) in [5.74, 6) is 0. The van der Waals surface area contributed by atoms with Crippen LogP contribution in [0.3, 0.4) is 0 Å². The van der Waals surface area contributed by atoms with Crippen LogP contribution in [-0.2, 0) is 6.54 Å². The van der Waals surface area contributed by atoms with Crippen molar-refractivity contribution < 1.29 is 0 Å². The molecule has 1 aliphatic heterocycles. The Morgan fingerprint density at radius 2 is 1.62 bits per heavy atom. The van der Waals surface area contributed by atoms with Gasteiger partial charge in [0.15, 0.2) is 0 Å². The Morgan fingerprint density at radius 1 is 0.952 bits per heavy atom. The van der Waals surface area contributed by atoms with Crippen LogP contribution in [0, 0.1) is 13.8 Å². The van der Waals surface area contributed by atoms with Gasteiger partial charge >= 0.3 is 0 Å². The van der Waals surface area contributed by atoms with Gasteiger partial charge in [0.05, 0.1) is 6.67 Å². The highest BCUT2D eigenvalue weighted by atomic mass is 15.3. The molecular weight excluding hydrogens is 256 g/mol. The van der Waals surface area contributed by atoms with E-state index in [0.717, 1.165) is 13.2 Å². The zero-order valence-electron chi connectivity index (χ0n) is 13.4. The first-order valence-corrected chi connectivity index (χ1v) is 7.72. The molecule has 2 aromatic carbocycles. The van der Waals surface area contributed by atoms with Crippen LogP contribution in [-0.4, -0.2) is 12.7 Å². The van der Waals surface area contributed by atoms with E-state index in [1.54, 1.807) is 0 Å². The van der Waals surface area contributed by atoms with Gasteiger partial charge in [0.25, 0.3) is 0 Å². The van der Waals surface area contributed by atoms with Crippen molar-refractivity contribution in [2.24, 2.45) is 0 Å². The minimum Gasteiger partial charge on any atom is -0.351 e. The average Bonchev–Trinajstić information content (AvgIpc) is 2.45. The van der Waals surface area contributed by atoms with Gasteiger partial charge in [-0.1, -0.05) is 24.3 Å². The highest BCUT2D eigenvalue weighted by Gasteiger charge is 2.24. The molecule has 1 heterocycles. The van der Waals surface area contributed by atoms with Gasteiger partial charge < -0.3 is 9.80 Å². The molecule has 0 aromatic heterocycles. The second-order valence-corrected chi connectivity index (χ2v) is 6.38. The van der Waals surface area contributed by atoms with Crippen LogP contribution in [0.2, 0.25) is 0 Å². The van der Waals surface area contributed by atoms with Gasteiger partial charge in [-0.15, -0.1) is 0 Å². The van der Waals surface area contributed by atoms with Crippen LogP contribution in [0.25, 0.3) is 0 Å². The normalized spacial score (nSPS) is 14.5. The van der Waals surface area contributed by atoms with E-state index in [1.807, 2.05) is 0 Å². The maximum absolute atomic E-state index is 2.48. The van der Waals surface area contributed by atoms with E-state index in [2.05, 4.69) is 80.0 Å². The number of benzene rings is 2. The molecule has 0 unspecified atom stereocenters. The molecule has 0 saturated carbocycles.